The molecule has 3 heterocycles. The summed E-state index contributed by atoms with van der Waals surface area (Å²) in [5.74, 6) is -0.547. The zero-order chi connectivity index (χ0) is 22.1. The lowest BCUT2D eigenvalue weighted by Crippen LogP contribution is -2.31. The zero-order valence-corrected chi connectivity index (χ0v) is 19.0. The van der Waals surface area contributed by atoms with Crippen LogP contribution in [0.3, 0.4) is 0 Å². The highest BCUT2D eigenvalue weighted by molar-refractivity contribution is 9.10. The maximum Gasteiger partial charge on any atom is 0.313 e. The molecule has 1 fully saturated rings. The summed E-state index contributed by atoms with van der Waals surface area (Å²) >= 11 is 3.49. The third kappa shape index (κ3) is 4.03. The number of pyridine rings is 1. The number of benzene rings is 2. The van der Waals surface area contributed by atoms with Gasteiger partial charge in [-0.3, -0.25) is 14.3 Å². The van der Waals surface area contributed by atoms with Crippen LogP contribution in [0.1, 0.15) is 29.8 Å². The van der Waals surface area contributed by atoms with E-state index in [2.05, 4.69) is 36.0 Å². The van der Waals surface area contributed by atoms with Crippen molar-refractivity contribution < 1.29 is 9.90 Å². The van der Waals surface area contributed by atoms with Crippen molar-refractivity contribution in [3.63, 3.8) is 0 Å². The number of halogens is 1. The van der Waals surface area contributed by atoms with E-state index in [1.54, 1.807) is 6.07 Å². The number of carbonyl (C=O) groups is 1. The fourth-order valence-corrected chi connectivity index (χ4v) is 4.53. The van der Waals surface area contributed by atoms with Gasteiger partial charge in [-0.05, 0) is 56.3 Å². The number of piperidine rings is 1. The van der Waals surface area contributed by atoms with Gasteiger partial charge in [0, 0.05) is 15.2 Å². The number of fused-ring (bicyclic) bond motifs is 2. The van der Waals surface area contributed by atoms with Gasteiger partial charge in [0.2, 0.25) is 5.88 Å². The molecular weight excluding hydrogens is 470 g/mol. The van der Waals surface area contributed by atoms with Gasteiger partial charge in [-0.1, -0.05) is 46.6 Å². The van der Waals surface area contributed by atoms with Crippen LogP contribution in [0.4, 0.5) is 5.69 Å². The minimum Gasteiger partial charge on any atom is -0.493 e. The molecule has 2 aromatic heterocycles. The van der Waals surface area contributed by atoms with Gasteiger partial charge in [0.25, 0.3) is 0 Å². The summed E-state index contributed by atoms with van der Waals surface area (Å²) in [5, 5.41) is 20.7. The zero-order valence-electron chi connectivity index (χ0n) is 17.4. The molecule has 7 nitrogen and oxygen atoms in total. The SMILES string of the molecule is O=C(N=Nc1c(O)n(CN2CCCCC2)c2ccc(Br)cc12)c1ccc2ccccc2n1. The molecule has 2 aromatic carbocycles. The molecular formula is C24H22BrN5O2. The summed E-state index contributed by atoms with van der Waals surface area (Å²) in [6, 6.07) is 16.8. The minimum absolute atomic E-state index is 0.00620. The fraction of sp³-hybridized carbons (Fsp3) is 0.250. The van der Waals surface area contributed by atoms with Crippen molar-refractivity contribution in [2.24, 2.45) is 10.2 Å². The van der Waals surface area contributed by atoms with Crippen LogP contribution in [0, 0.1) is 0 Å². The van der Waals surface area contributed by atoms with Gasteiger partial charge in [-0.25, -0.2) is 4.98 Å². The number of azo groups is 1. The molecule has 0 bridgehead atoms. The normalized spacial score (nSPS) is 15.2. The van der Waals surface area contributed by atoms with Crippen LogP contribution < -0.4 is 0 Å². The Morgan fingerprint density at radius 1 is 1.06 bits per heavy atom. The third-order valence-corrected chi connectivity index (χ3v) is 6.31. The number of rotatable bonds is 4. The van der Waals surface area contributed by atoms with E-state index in [9.17, 15) is 9.90 Å². The average molecular weight is 492 g/mol. The summed E-state index contributed by atoms with van der Waals surface area (Å²) < 4.78 is 2.69. The lowest BCUT2D eigenvalue weighted by molar-refractivity contribution is 0.0990. The van der Waals surface area contributed by atoms with Crippen LogP contribution in [0.5, 0.6) is 5.88 Å². The maximum atomic E-state index is 12.7. The predicted octanol–water partition coefficient (Wildman–Crippen LogP) is 6.03. The Morgan fingerprint density at radius 2 is 1.88 bits per heavy atom. The summed E-state index contributed by atoms with van der Waals surface area (Å²) in [5.41, 5.74) is 2.07. The van der Waals surface area contributed by atoms with E-state index in [1.165, 1.54) is 6.42 Å². The number of aromatic hydroxyl groups is 1. The molecule has 0 saturated carbocycles. The summed E-state index contributed by atoms with van der Waals surface area (Å²) in [7, 11) is 0. The van der Waals surface area contributed by atoms with Gasteiger partial charge in [-0.15, -0.1) is 10.2 Å². The van der Waals surface area contributed by atoms with Gasteiger partial charge >= 0.3 is 5.91 Å². The standard InChI is InChI=1S/C24H22BrN5O2/c25-17-9-11-21-18(14-17)22(24(32)30(21)15-29-12-4-1-5-13-29)27-28-23(31)20-10-8-16-6-2-3-7-19(16)26-20/h2-3,6-11,14,32H,1,4-5,12-13,15H2. The van der Waals surface area contributed by atoms with Crippen LogP contribution in [0.25, 0.3) is 21.8 Å². The smallest absolute Gasteiger partial charge is 0.313 e. The Bertz CT molecular complexity index is 1340. The highest BCUT2D eigenvalue weighted by Crippen LogP contribution is 2.40. The molecule has 8 heteroatoms. The van der Waals surface area contributed by atoms with Crippen LogP contribution in [0.15, 0.2) is 69.3 Å². The van der Waals surface area contributed by atoms with Crippen molar-refractivity contribution in [2.45, 2.75) is 25.9 Å². The Labute approximate surface area is 193 Å². The lowest BCUT2D eigenvalue weighted by Gasteiger charge is -2.27. The first-order valence-corrected chi connectivity index (χ1v) is 11.4. The first kappa shape index (κ1) is 20.8. The Morgan fingerprint density at radius 3 is 2.72 bits per heavy atom. The van der Waals surface area contributed by atoms with Crippen molar-refractivity contribution >= 4 is 49.3 Å². The van der Waals surface area contributed by atoms with E-state index in [4.69, 9.17) is 0 Å². The van der Waals surface area contributed by atoms with E-state index in [0.717, 1.165) is 52.2 Å². The van der Waals surface area contributed by atoms with Crippen molar-refractivity contribution in [1.29, 1.82) is 0 Å². The molecule has 1 aliphatic rings. The van der Waals surface area contributed by atoms with Crippen LogP contribution in [0.2, 0.25) is 0 Å². The quantitative estimate of drug-likeness (QED) is 0.353. The van der Waals surface area contributed by atoms with E-state index < -0.39 is 5.91 Å². The van der Waals surface area contributed by atoms with Crippen LogP contribution in [-0.2, 0) is 6.67 Å². The van der Waals surface area contributed by atoms with E-state index >= 15 is 0 Å². The molecule has 4 aromatic rings. The van der Waals surface area contributed by atoms with Crippen LogP contribution >= 0.6 is 15.9 Å². The molecule has 0 spiro atoms. The molecule has 5 rings (SSSR count). The Hall–Kier alpha value is -3.10. The second-order valence-electron chi connectivity index (χ2n) is 7.98. The number of carbonyl (C=O) groups excluding carboxylic acids is 1. The maximum absolute atomic E-state index is 12.7. The van der Waals surface area contributed by atoms with E-state index in [1.807, 2.05) is 53.1 Å². The minimum atomic E-state index is -0.554. The summed E-state index contributed by atoms with van der Waals surface area (Å²) in [6.45, 7) is 2.57. The average Bonchev–Trinajstić information content (AvgIpc) is 3.07. The molecule has 0 aliphatic carbocycles. The van der Waals surface area contributed by atoms with Crippen molar-refractivity contribution in [3.05, 3.63) is 64.8 Å². The molecule has 0 radical (unpaired) electrons. The number of hydrogen-bond donors (Lipinski definition) is 1. The first-order valence-electron chi connectivity index (χ1n) is 10.6. The number of aromatic nitrogens is 2. The van der Waals surface area contributed by atoms with Crippen molar-refractivity contribution in [2.75, 3.05) is 13.1 Å². The highest BCUT2D eigenvalue weighted by atomic mass is 79.9. The first-order chi connectivity index (χ1) is 15.6. The van der Waals surface area contributed by atoms with E-state index in [0.29, 0.717) is 6.67 Å². The monoisotopic (exact) mass is 491 g/mol. The van der Waals surface area contributed by atoms with Gasteiger partial charge in [-0.2, -0.15) is 0 Å². The number of hydrogen-bond acceptors (Lipinski definition) is 5. The molecule has 1 aliphatic heterocycles. The number of likely N-dealkylation sites (tertiary alicyclic amines) is 1. The van der Waals surface area contributed by atoms with Gasteiger partial charge in [0.1, 0.15) is 5.69 Å². The van der Waals surface area contributed by atoms with Gasteiger partial charge in [0.15, 0.2) is 5.69 Å². The number of para-hydroxylation sites is 1. The Kier molecular flexibility index (Phi) is 5.71. The molecule has 1 saturated heterocycles. The Balaban J connectivity index is 1.49. The summed E-state index contributed by atoms with van der Waals surface area (Å²) in [4.78, 5) is 19.4. The van der Waals surface area contributed by atoms with Crippen LogP contribution in [-0.4, -0.2) is 38.6 Å². The second kappa shape index (κ2) is 8.80. The number of nitrogens with zero attached hydrogens (tertiary/aromatic N) is 5. The summed E-state index contributed by atoms with van der Waals surface area (Å²) in [6.07, 6.45) is 3.56. The van der Waals surface area contributed by atoms with E-state index in [-0.39, 0.29) is 17.3 Å². The molecule has 1 N–H and O–H groups in total. The second-order valence-corrected chi connectivity index (χ2v) is 8.89. The predicted molar refractivity (Wildman–Crippen MR) is 127 cm³/mol. The fourth-order valence-electron chi connectivity index (χ4n) is 4.17. The third-order valence-electron chi connectivity index (χ3n) is 5.82. The molecule has 32 heavy (non-hydrogen) atoms. The molecule has 1 amide bonds. The van der Waals surface area contributed by atoms with Gasteiger partial charge in [0.05, 0.1) is 17.7 Å². The number of amides is 1. The molecule has 0 unspecified atom stereocenters. The highest BCUT2D eigenvalue weighted by Gasteiger charge is 2.20. The van der Waals surface area contributed by atoms with Crippen molar-refractivity contribution in [1.82, 2.24) is 14.5 Å². The van der Waals surface area contributed by atoms with Crippen molar-refractivity contribution in [3.8, 4) is 5.88 Å². The topological polar surface area (TPSA) is 83.1 Å². The largest absolute Gasteiger partial charge is 0.493 e. The lowest BCUT2D eigenvalue weighted by atomic mass is 10.1. The van der Waals surface area contributed by atoms with Gasteiger partial charge < -0.3 is 5.11 Å². The molecule has 0 atom stereocenters. The molecule has 162 valence electrons.